The van der Waals surface area contributed by atoms with E-state index in [9.17, 15) is 48.3 Å². The number of benzene rings is 1. The number of rotatable bonds is 16. The van der Waals surface area contributed by atoms with Crippen molar-refractivity contribution in [2.75, 3.05) is 13.2 Å². The number of nitrogens with zero attached hydrogens (tertiary/aromatic N) is 4. The van der Waals surface area contributed by atoms with E-state index in [0.717, 1.165) is 65.7 Å². The van der Waals surface area contributed by atoms with Crippen molar-refractivity contribution in [3.63, 3.8) is 0 Å². The van der Waals surface area contributed by atoms with Crippen LogP contribution in [0.3, 0.4) is 0 Å². The lowest BCUT2D eigenvalue weighted by Crippen LogP contribution is -2.67. The van der Waals surface area contributed by atoms with Crippen LogP contribution in [0.2, 0.25) is 0 Å². The van der Waals surface area contributed by atoms with E-state index in [4.69, 9.17) is 47.4 Å². The quantitative estimate of drug-likeness (QED) is 0.144. The van der Waals surface area contributed by atoms with Crippen LogP contribution in [-0.4, -0.2) is 134 Å². The standard InChI is InChI=1S/C40H46N4O20/c1-19(46)55-16-29(58-21(3)48)33(61-24(6)51)34-31(59-22(4)49)27(57-20(2)47)13-40(64-34,39(54)56-15-26-11-9-8-10-12-26)44-18-42-36-30(37(44)53)41-17-43(36)38-35(62-25(7)52)32(60-23(5)50)28(14-45)63-38/h8-12,17-18,27-29,31-35,38,45H,13-16H2,1-7H3/t27-,28+,29+,31+,32+,33-,34+,35+,38+,40-/m0/s1. The molecule has 2 aliphatic heterocycles. The van der Waals surface area contributed by atoms with Crippen LogP contribution in [0.5, 0.6) is 0 Å². The molecule has 24 nitrogen and oxygen atoms in total. The average molecular weight is 903 g/mol. The molecule has 0 bridgehead atoms. The fourth-order valence-electron chi connectivity index (χ4n) is 7.31. The summed E-state index contributed by atoms with van der Waals surface area (Å²) in [5.74, 6) is -7.82. The topological polar surface area (TPSA) is 302 Å². The van der Waals surface area contributed by atoms with E-state index < -0.39 is 146 Å². The molecule has 0 amide bonds. The van der Waals surface area contributed by atoms with Gasteiger partial charge in [-0.25, -0.2) is 14.8 Å². The number of ether oxygens (including phenoxy) is 10. The highest BCUT2D eigenvalue weighted by molar-refractivity contribution is 5.79. The Morgan fingerprint density at radius 1 is 0.750 bits per heavy atom. The zero-order chi connectivity index (χ0) is 47.0. The van der Waals surface area contributed by atoms with Gasteiger partial charge in [-0.05, 0) is 5.56 Å². The number of aliphatic hydroxyl groups excluding tert-OH is 1. The molecule has 1 aromatic carbocycles. The van der Waals surface area contributed by atoms with Crippen LogP contribution in [-0.2, 0) is 98.1 Å². The Morgan fingerprint density at radius 3 is 1.94 bits per heavy atom. The summed E-state index contributed by atoms with van der Waals surface area (Å²) in [7, 11) is 0. The number of carbonyl (C=O) groups is 8. The molecule has 0 aliphatic carbocycles. The summed E-state index contributed by atoms with van der Waals surface area (Å²) in [4.78, 5) is 125. The van der Waals surface area contributed by atoms with Crippen molar-refractivity contribution in [1.29, 1.82) is 0 Å². The van der Waals surface area contributed by atoms with Crippen LogP contribution in [0.15, 0.2) is 47.8 Å². The van der Waals surface area contributed by atoms with Gasteiger partial charge in [0.05, 0.1) is 12.9 Å². The summed E-state index contributed by atoms with van der Waals surface area (Å²) in [6.45, 7) is 5.19. The number of fused-ring (bicyclic) bond motifs is 1. The van der Waals surface area contributed by atoms with Gasteiger partial charge >= 0.3 is 47.8 Å². The van der Waals surface area contributed by atoms with Crippen molar-refractivity contribution in [2.24, 2.45) is 0 Å². The van der Waals surface area contributed by atoms with Crippen molar-refractivity contribution in [3.8, 4) is 0 Å². The van der Waals surface area contributed by atoms with Crippen LogP contribution in [0.25, 0.3) is 11.2 Å². The number of esters is 8. The van der Waals surface area contributed by atoms with Crippen molar-refractivity contribution >= 4 is 58.9 Å². The van der Waals surface area contributed by atoms with Gasteiger partial charge in [0, 0.05) is 54.9 Å². The van der Waals surface area contributed by atoms with Gasteiger partial charge in [0.15, 0.2) is 47.9 Å². The van der Waals surface area contributed by atoms with Gasteiger partial charge < -0.3 is 52.5 Å². The Morgan fingerprint density at radius 2 is 1.36 bits per heavy atom. The van der Waals surface area contributed by atoms with E-state index in [1.165, 1.54) is 0 Å². The van der Waals surface area contributed by atoms with Crippen molar-refractivity contribution in [3.05, 3.63) is 58.9 Å². The predicted octanol–water partition coefficient (Wildman–Crippen LogP) is -0.179. The third-order valence-corrected chi connectivity index (χ3v) is 9.63. The zero-order valence-corrected chi connectivity index (χ0v) is 35.6. The molecule has 0 radical (unpaired) electrons. The van der Waals surface area contributed by atoms with Crippen molar-refractivity contribution in [2.45, 2.75) is 122 Å². The monoisotopic (exact) mass is 902 g/mol. The maximum Gasteiger partial charge on any atom is 0.360 e. The molecule has 10 atom stereocenters. The Kier molecular flexibility index (Phi) is 15.5. The van der Waals surface area contributed by atoms with E-state index in [2.05, 4.69) is 9.97 Å². The highest BCUT2D eigenvalue weighted by Gasteiger charge is 2.61. The number of aliphatic hydroxyl groups is 1. The summed E-state index contributed by atoms with van der Waals surface area (Å²) in [6, 6.07) is 8.25. The first kappa shape index (κ1) is 48.2. The Hall–Kier alpha value is -6.79. The summed E-state index contributed by atoms with van der Waals surface area (Å²) in [5, 5.41) is 10.1. The van der Waals surface area contributed by atoms with Crippen molar-refractivity contribution in [1.82, 2.24) is 19.1 Å². The molecule has 24 heteroatoms. The highest BCUT2D eigenvalue weighted by atomic mass is 16.7. The van der Waals surface area contributed by atoms with Gasteiger partial charge in [0.1, 0.15) is 37.9 Å². The molecule has 3 aromatic rings. The lowest BCUT2D eigenvalue weighted by molar-refractivity contribution is -0.288. The van der Waals surface area contributed by atoms with E-state index in [1.54, 1.807) is 30.3 Å². The Labute approximate surface area is 362 Å². The number of imidazole rings is 1. The first-order chi connectivity index (χ1) is 30.3. The van der Waals surface area contributed by atoms with Crippen LogP contribution >= 0.6 is 0 Å². The smallest absolute Gasteiger partial charge is 0.360 e. The van der Waals surface area contributed by atoms with Crippen LogP contribution in [0.4, 0.5) is 0 Å². The highest BCUT2D eigenvalue weighted by Crippen LogP contribution is 2.41. The minimum absolute atomic E-state index is 0.257. The molecular formula is C40H46N4O20. The molecule has 2 fully saturated rings. The SMILES string of the molecule is CC(=O)OC[C@@H](OC(C)=O)[C@H](OC(C)=O)[C@@H]1O[C@@](C(=O)OCc2ccccc2)(n2cnc3c(ncn3[C@@H]3O[C@H](CO)[C@@H](OC(C)=O)[C@H]3OC(C)=O)c2=O)C[C@H](OC(C)=O)[C@H]1OC(C)=O. The molecule has 0 spiro atoms. The summed E-state index contributed by atoms with van der Waals surface area (Å²) < 4.78 is 58.2. The first-order valence-corrected chi connectivity index (χ1v) is 19.5. The normalized spacial score (nSPS) is 24.9. The Balaban J connectivity index is 1.76. The second-order valence-corrected chi connectivity index (χ2v) is 14.5. The van der Waals surface area contributed by atoms with Crippen LogP contribution in [0, 0.1) is 0 Å². The molecule has 2 aliphatic rings. The van der Waals surface area contributed by atoms with E-state index in [0.29, 0.717) is 10.1 Å². The zero-order valence-electron chi connectivity index (χ0n) is 35.6. The lowest BCUT2D eigenvalue weighted by atomic mass is 9.88. The maximum absolute atomic E-state index is 14.8. The van der Waals surface area contributed by atoms with Crippen molar-refractivity contribution < 1.29 is 90.8 Å². The van der Waals surface area contributed by atoms with Gasteiger partial charge in [-0.15, -0.1) is 0 Å². The summed E-state index contributed by atoms with van der Waals surface area (Å²) in [6.07, 6.45) is -13.6. The van der Waals surface area contributed by atoms with Crippen LogP contribution < -0.4 is 5.56 Å². The molecule has 346 valence electrons. The van der Waals surface area contributed by atoms with Gasteiger partial charge in [-0.3, -0.25) is 47.5 Å². The second kappa shape index (κ2) is 20.6. The second-order valence-electron chi connectivity index (χ2n) is 14.5. The van der Waals surface area contributed by atoms with Crippen LogP contribution in [0.1, 0.15) is 66.7 Å². The van der Waals surface area contributed by atoms with Gasteiger partial charge in [-0.2, -0.15) is 0 Å². The number of aromatic nitrogens is 4. The third kappa shape index (κ3) is 11.0. The van der Waals surface area contributed by atoms with Gasteiger partial charge in [0.2, 0.25) is 0 Å². The third-order valence-electron chi connectivity index (χ3n) is 9.63. The Bertz CT molecular complexity index is 2310. The number of carbonyl (C=O) groups excluding carboxylic acids is 8. The number of hydrogen-bond donors (Lipinski definition) is 1. The molecule has 5 rings (SSSR count). The molecule has 0 saturated carbocycles. The summed E-state index contributed by atoms with van der Waals surface area (Å²) >= 11 is 0. The maximum atomic E-state index is 14.8. The first-order valence-electron chi connectivity index (χ1n) is 19.5. The lowest BCUT2D eigenvalue weighted by Gasteiger charge is -2.48. The molecule has 2 aromatic heterocycles. The molecule has 1 N–H and O–H groups in total. The minimum Gasteiger partial charge on any atom is -0.462 e. The minimum atomic E-state index is -2.81. The predicted molar refractivity (Wildman–Crippen MR) is 206 cm³/mol. The largest absolute Gasteiger partial charge is 0.462 e. The van der Waals surface area contributed by atoms with E-state index in [1.807, 2.05) is 0 Å². The number of hydrogen-bond acceptors (Lipinski definition) is 22. The fraction of sp³-hybridized carbons (Fsp3) is 0.525. The molecule has 64 heavy (non-hydrogen) atoms. The molecule has 0 unspecified atom stereocenters. The van der Waals surface area contributed by atoms with E-state index >= 15 is 0 Å². The fourth-order valence-corrected chi connectivity index (χ4v) is 7.31. The summed E-state index contributed by atoms with van der Waals surface area (Å²) in [5.41, 5.74) is -4.23. The molecular weight excluding hydrogens is 856 g/mol. The van der Waals surface area contributed by atoms with Gasteiger partial charge in [0.25, 0.3) is 11.3 Å². The molecule has 2 saturated heterocycles. The molecule has 4 heterocycles. The van der Waals surface area contributed by atoms with Gasteiger partial charge in [-0.1, -0.05) is 30.3 Å². The van der Waals surface area contributed by atoms with E-state index in [-0.39, 0.29) is 5.65 Å². The average Bonchev–Trinajstić information content (AvgIpc) is 3.79.